The zero-order valence-electron chi connectivity index (χ0n) is 26.5. The van der Waals surface area contributed by atoms with Crippen molar-refractivity contribution in [1.29, 1.82) is 0 Å². The summed E-state index contributed by atoms with van der Waals surface area (Å²) in [6, 6.07) is 4.02. The van der Waals surface area contributed by atoms with Gasteiger partial charge in [0.05, 0.1) is 30.2 Å². The molecule has 3 aliphatic rings. The van der Waals surface area contributed by atoms with E-state index in [1.807, 2.05) is 0 Å². The summed E-state index contributed by atoms with van der Waals surface area (Å²) in [5.74, 6) is 0.717. The number of rotatable bonds is 11. The molecule has 256 valence electrons. The molecule has 1 aromatic heterocycles. The summed E-state index contributed by atoms with van der Waals surface area (Å²) >= 11 is 1.18. The Morgan fingerprint density at radius 2 is 1.76 bits per heavy atom. The van der Waals surface area contributed by atoms with Gasteiger partial charge < -0.3 is 20.6 Å². The maximum absolute atomic E-state index is 14.1. The Bertz CT molecular complexity index is 1490. The molecule has 1 unspecified atom stereocenters. The van der Waals surface area contributed by atoms with Gasteiger partial charge >= 0.3 is 6.18 Å². The summed E-state index contributed by atoms with van der Waals surface area (Å²) in [7, 11) is -3.52. The number of halogens is 3. The second-order valence-electron chi connectivity index (χ2n) is 13.0. The van der Waals surface area contributed by atoms with Gasteiger partial charge in [0.1, 0.15) is 0 Å². The van der Waals surface area contributed by atoms with Gasteiger partial charge in [-0.25, -0.2) is 8.42 Å². The number of nitrogens with two attached hydrogens (primary N) is 1. The molecule has 0 spiro atoms. The van der Waals surface area contributed by atoms with Crippen LogP contribution in [0, 0.1) is 11.8 Å². The third-order valence-corrected chi connectivity index (χ3v) is 11.8. The monoisotopic (exact) mass is 686 g/mol. The average molecular weight is 687 g/mol. The molecule has 10 nitrogen and oxygen atoms in total. The number of aliphatic hydroxyl groups is 1. The summed E-state index contributed by atoms with van der Waals surface area (Å²) < 4.78 is 70.3. The summed E-state index contributed by atoms with van der Waals surface area (Å²) in [4.78, 5) is 16.0. The van der Waals surface area contributed by atoms with Gasteiger partial charge in [0.25, 0.3) is 0 Å². The molecule has 15 heteroatoms. The highest BCUT2D eigenvalue weighted by molar-refractivity contribution is 7.99. The van der Waals surface area contributed by atoms with E-state index in [-0.39, 0.29) is 36.4 Å². The van der Waals surface area contributed by atoms with Crippen LogP contribution in [0.2, 0.25) is 0 Å². The summed E-state index contributed by atoms with van der Waals surface area (Å²) in [5, 5.41) is 15.8. The predicted octanol–water partition coefficient (Wildman–Crippen LogP) is 3.27. The van der Waals surface area contributed by atoms with E-state index < -0.39 is 27.9 Å². The molecule has 0 radical (unpaired) electrons. The van der Waals surface area contributed by atoms with Gasteiger partial charge in [-0.1, -0.05) is 13.0 Å². The number of carbonyl (C=O) groups is 1. The Morgan fingerprint density at radius 3 is 2.39 bits per heavy atom. The van der Waals surface area contributed by atoms with Gasteiger partial charge in [-0.2, -0.15) is 22.6 Å². The zero-order valence-corrected chi connectivity index (χ0v) is 28.1. The molecule has 1 amide bonds. The Morgan fingerprint density at radius 1 is 1.09 bits per heavy atom. The molecule has 0 bridgehead atoms. The van der Waals surface area contributed by atoms with Gasteiger partial charge in [0.2, 0.25) is 15.9 Å². The molecule has 0 aliphatic carbocycles. The molecule has 1 aromatic carbocycles. The van der Waals surface area contributed by atoms with E-state index in [0.717, 1.165) is 43.9 Å². The van der Waals surface area contributed by atoms with Gasteiger partial charge in [0, 0.05) is 66.0 Å². The van der Waals surface area contributed by atoms with E-state index in [2.05, 4.69) is 16.7 Å². The fourth-order valence-corrected chi connectivity index (χ4v) is 8.59. The number of thioether (sulfide) groups is 1. The van der Waals surface area contributed by atoms with Crippen LogP contribution in [0.1, 0.15) is 49.4 Å². The van der Waals surface area contributed by atoms with E-state index in [4.69, 9.17) is 10.8 Å². The minimum Gasteiger partial charge on any atom is -0.390 e. The lowest BCUT2D eigenvalue weighted by molar-refractivity contribution is -0.139. The van der Waals surface area contributed by atoms with E-state index >= 15 is 0 Å². The third kappa shape index (κ3) is 8.64. The zero-order chi connectivity index (χ0) is 33.2. The quantitative estimate of drug-likeness (QED) is 0.346. The number of aromatic nitrogens is 2. The number of hydrogen-bond donors (Lipinski definition) is 2. The topological polar surface area (TPSA) is 125 Å². The number of piperidine rings is 2. The average Bonchev–Trinajstić information content (AvgIpc) is 3.34. The van der Waals surface area contributed by atoms with Crippen LogP contribution in [0.5, 0.6) is 0 Å². The number of likely N-dealkylation sites (tertiary alicyclic amines) is 2. The van der Waals surface area contributed by atoms with Crippen LogP contribution < -0.4 is 5.73 Å². The lowest BCUT2D eigenvalue weighted by Crippen LogP contribution is -2.43. The molecule has 2 saturated heterocycles. The Kier molecular flexibility index (Phi) is 11.1. The molecule has 5 rings (SSSR count). The van der Waals surface area contributed by atoms with Crippen molar-refractivity contribution in [1.82, 2.24) is 23.9 Å². The number of primary amides is 1. The second kappa shape index (κ2) is 14.5. The fourth-order valence-electron chi connectivity index (χ4n) is 6.68. The van der Waals surface area contributed by atoms with Crippen LogP contribution in [-0.4, -0.2) is 107 Å². The van der Waals surface area contributed by atoms with Crippen LogP contribution in [0.3, 0.4) is 0 Å². The molecule has 3 N–H and O–H groups in total. The van der Waals surface area contributed by atoms with Crippen molar-refractivity contribution in [2.24, 2.45) is 17.6 Å². The minimum atomic E-state index is -4.52. The number of nitrogens with zero attached hydrogens (tertiary/aromatic N) is 5. The van der Waals surface area contributed by atoms with E-state index in [1.54, 1.807) is 4.68 Å². The van der Waals surface area contributed by atoms with Gasteiger partial charge in [0.15, 0.2) is 0 Å². The summed E-state index contributed by atoms with van der Waals surface area (Å²) in [6.45, 7) is 6.91. The summed E-state index contributed by atoms with van der Waals surface area (Å²) in [5.41, 5.74) is 7.08. The van der Waals surface area contributed by atoms with Gasteiger partial charge in [-0.05, 0) is 69.9 Å². The van der Waals surface area contributed by atoms with Crippen LogP contribution in [0.25, 0.3) is 11.3 Å². The maximum atomic E-state index is 14.1. The molecular weight excluding hydrogens is 642 g/mol. The Balaban J connectivity index is 1.39. The van der Waals surface area contributed by atoms with Crippen LogP contribution >= 0.6 is 11.8 Å². The number of carbonyl (C=O) groups excluding carboxylic acids is 1. The third-order valence-electron chi connectivity index (χ3n) is 9.51. The van der Waals surface area contributed by atoms with Crippen molar-refractivity contribution in [3.63, 3.8) is 0 Å². The number of hydrogen-bond acceptors (Lipinski definition) is 8. The number of fused-ring (bicyclic) bond motifs is 1. The SMILES string of the molecule is CC1CCN(CCSc2cc(-c3nn(CC(O)CN4CCC(C(N)=O)CC4)c4c3CN(S(C)(=O)=O)CC4)ccc2C(F)(F)F)CC1. The molecule has 3 aliphatic heterocycles. The largest absolute Gasteiger partial charge is 0.417 e. The van der Waals surface area contributed by atoms with Crippen molar-refractivity contribution in [3.05, 3.63) is 35.0 Å². The van der Waals surface area contributed by atoms with Crippen molar-refractivity contribution < 1.29 is 31.5 Å². The predicted molar refractivity (Wildman–Crippen MR) is 172 cm³/mol. The maximum Gasteiger partial charge on any atom is 0.417 e. The molecule has 0 saturated carbocycles. The van der Waals surface area contributed by atoms with Crippen molar-refractivity contribution >= 4 is 27.7 Å². The smallest absolute Gasteiger partial charge is 0.390 e. The summed E-state index contributed by atoms with van der Waals surface area (Å²) in [6.07, 6.45) is -0.364. The second-order valence-corrected chi connectivity index (χ2v) is 16.1. The lowest BCUT2D eigenvalue weighted by Gasteiger charge is -2.32. The van der Waals surface area contributed by atoms with E-state index in [0.29, 0.717) is 73.9 Å². The lowest BCUT2D eigenvalue weighted by atomic mass is 9.96. The van der Waals surface area contributed by atoms with Crippen LogP contribution in [0.4, 0.5) is 13.2 Å². The Labute approximate surface area is 273 Å². The number of β-amino-alcohol motifs (C(OH)–C–C–N with tert-alkyl or cyclic N) is 1. The number of amides is 1. The number of sulfonamides is 1. The van der Waals surface area contributed by atoms with Crippen LogP contribution in [-0.2, 0) is 40.5 Å². The number of alkyl halides is 3. The first-order valence-electron chi connectivity index (χ1n) is 16.0. The number of aliphatic hydroxyl groups excluding tert-OH is 1. The van der Waals surface area contributed by atoms with Crippen molar-refractivity contribution in [2.75, 3.05) is 57.8 Å². The highest BCUT2D eigenvalue weighted by atomic mass is 32.2. The first kappa shape index (κ1) is 35.1. The highest BCUT2D eigenvalue weighted by Gasteiger charge is 2.35. The molecule has 1 atom stereocenters. The van der Waals surface area contributed by atoms with E-state index in [9.17, 15) is 31.5 Å². The highest BCUT2D eigenvalue weighted by Crippen LogP contribution is 2.40. The first-order valence-corrected chi connectivity index (χ1v) is 18.8. The van der Waals surface area contributed by atoms with Gasteiger partial charge in [-0.3, -0.25) is 9.48 Å². The normalized spacial score (nSPS) is 20.6. The van der Waals surface area contributed by atoms with Gasteiger partial charge in [-0.15, -0.1) is 11.8 Å². The van der Waals surface area contributed by atoms with Crippen LogP contribution in [0.15, 0.2) is 23.1 Å². The van der Waals surface area contributed by atoms with Crippen molar-refractivity contribution in [3.8, 4) is 11.3 Å². The standard InChI is InChI=1S/C31H45F3N6O4S2/c1-21-5-10-37(11-6-21)15-16-45-28-17-23(3-4-26(28)31(32,33)34)29-25-20-39(46(2,43)44)14-9-27(25)40(36-29)19-24(41)18-38-12-7-22(8-13-38)30(35)42/h3-4,17,21-22,24,41H,5-16,18-20H2,1-2H3,(H2,35,42). The molecule has 2 fully saturated rings. The number of benzene rings is 1. The van der Waals surface area contributed by atoms with Crippen molar-refractivity contribution in [2.45, 2.75) is 69.3 Å². The molecule has 4 heterocycles. The first-order chi connectivity index (χ1) is 21.7. The molecule has 46 heavy (non-hydrogen) atoms. The molecular formula is C31H45F3N6O4S2. The molecule has 2 aromatic rings. The fraction of sp³-hybridized carbons (Fsp3) is 0.677. The minimum absolute atomic E-state index is 0.0527. The Hall–Kier alpha value is -2.17. The van der Waals surface area contributed by atoms with E-state index in [1.165, 1.54) is 28.2 Å².